The van der Waals surface area contributed by atoms with E-state index < -0.39 is 0 Å². The highest BCUT2D eigenvalue weighted by Gasteiger charge is 2.35. The fourth-order valence-corrected chi connectivity index (χ4v) is 2.14. The number of rotatable bonds is 4. The smallest absolute Gasteiger partial charge is 0.0542 e. The van der Waals surface area contributed by atoms with Crippen LogP contribution >= 0.6 is 0 Å². The maximum absolute atomic E-state index is 5.83. The molecule has 0 aromatic carbocycles. The van der Waals surface area contributed by atoms with Crippen LogP contribution in [0.5, 0.6) is 0 Å². The zero-order valence-electron chi connectivity index (χ0n) is 9.15. The molecule has 0 saturated carbocycles. The van der Waals surface area contributed by atoms with Crippen LogP contribution in [0.1, 0.15) is 24.8 Å². The van der Waals surface area contributed by atoms with Crippen LogP contribution in [0.25, 0.3) is 0 Å². The molecule has 0 amide bonds. The van der Waals surface area contributed by atoms with E-state index in [0.717, 1.165) is 19.6 Å². The predicted octanol–water partition coefficient (Wildman–Crippen LogP) is 1.55. The van der Waals surface area contributed by atoms with Crippen molar-refractivity contribution in [3.63, 3.8) is 0 Å². The average molecular weight is 206 g/mol. The minimum Gasteiger partial charge on any atom is -0.380 e. The Morgan fingerprint density at radius 2 is 2.13 bits per heavy atom. The number of ether oxygens (including phenoxy) is 1. The second kappa shape index (κ2) is 4.29. The van der Waals surface area contributed by atoms with Crippen molar-refractivity contribution < 1.29 is 4.74 Å². The molecule has 82 valence electrons. The van der Waals surface area contributed by atoms with Gasteiger partial charge in [-0.3, -0.25) is 4.98 Å². The van der Waals surface area contributed by atoms with Crippen molar-refractivity contribution in [3.8, 4) is 0 Å². The number of nitrogens with two attached hydrogens (primary N) is 1. The molecule has 2 rings (SSSR count). The van der Waals surface area contributed by atoms with Crippen molar-refractivity contribution in [2.24, 2.45) is 11.1 Å². The van der Waals surface area contributed by atoms with Crippen molar-refractivity contribution in [1.82, 2.24) is 4.98 Å². The molecule has 3 heteroatoms. The molecule has 1 unspecified atom stereocenters. The monoisotopic (exact) mass is 206 g/mol. The molecule has 1 saturated heterocycles. The molecule has 1 aliphatic rings. The first-order chi connectivity index (χ1) is 7.23. The molecular weight excluding hydrogens is 188 g/mol. The SMILES string of the molecule is CC1(CC(CN)c2ccncc2)COC1. The van der Waals surface area contributed by atoms with E-state index in [1.54, 1.807) is 0 Å². The largest absolute Gasteiger partial charge is 0.380 e. The Morgan fingerprint density at radius 1 is 1.47 bits per heavy atom. The summed E-state index contributed by atoms with van der Waals surface area (Å²) in [5.41, 5.74) is 7.45. The summed E-state index contributed by atoms with van der Waals surface area (Å²) in [6.45, 7) is 4.70. The highest BCUT2D eigenvalue weighted by atomic mass is 16.5. The molecule has 2 heterocycles. The molecule has 0 bridgehead atoms. The quantitative estimate of drug-likeness (QED) is 0.813. The van der Waals surface area contributed by atoms with Crippen molar-refractivity contribution in [1.29, 1.82) is 0 Å². The van der Waals surface area contributed by atoms with Gasteiger partial charge < -0.3 is 10.5 Å². The third-order valence-electron chi connectivity index (χ3n) is 3.10. The standard InChI is InChI=1S/C12H18N2O/c1-12(8-15-9-12)6-11(7-13)10-2-4-14-5-3-10/h2-5,11H,6-9,13H2,1H3. The number of pyridine rings is 1. The van der Waals surface area contributed by atoms with Crippen LogP contribution in [0.15, 0.2) is 24.5 Å². The summed E-state index contributed by atoms with van der Waals surface area (Å²) in [7, 11) is 0. The molecule has 0 spiro atoms. The Balaban J connectivity index is 2.04. The second-order valence-electron chi connectivity index (χ2n) is 4.72. The van der Waals surface area contributed by atoms with Crippen molar-refractivity contribution in [3.05, 3.63) is 30.1 Å². The highest BCUT2D eigenvalue weighted by molar-refractivity contribution is 5.17. The van der Waals surface area contributed by atoms with Gasteiger partial charge in [-0.1, -0.05) is 6.92 Å². The van der Waals surface area contributed by atoms with Crippen LogP contribution in [-0.4, -0.2) is 24.7 Å². The Hall–Kier alpha value is -0.930. The van der Waals surface area contributed by atoms with Crippen LogP contribution < -0.4 is 5.73 Å². The third kappa shape index (κ3) is 2.36. The maximum atomic E-state index is 5.83. The molecule has 1 aliphatic heterocycles. The zero-order valence-corrected chi connectivity index (χ0v) is 9.15. The molecule has 0 radical (unpaired) electrons. The Bertz CT molecular complexity index is 309. The summed E-state index contributed by atoms with van der Waals surface area (Å²) in [4.78, 5) is 4.03. The normalized spacial score (nSPS) is 20.7. The summed E-state index contributed by atoms with van der Waals surface area (Å²) >= 11 is 0. The van der Waals surface area contributed by atoms with E-state index in [9.17, 15) is 0 Å². The number of nitrogens with zero attached hydrogens (tertiary/aromatic N) is 1. The molecule has 1 atom stereocenters. The lowest BCUT2D eigenvalue weighted by Crippen LogP contribution is -2.41. The molecule has 3 nitrogen and oxygen atoms in total. The molecule has 0 aliphatic carbocycles. The lowest BCUT2D eigenvalue weighted by Gasteiger charge is -2.40. The van der Waals surface area contributed by atoms with Gasteiger partial charge in [-0.25, -0.2) is 0 Å². The minimum atomic E-state index is 0.327. The van der Waals surface area contributed by atoms with E-state index >= 15 is 0 Å². The van der Waals surface area contributed by atoms with E-state index in [-0.39, 0.29) is 0 Å². The van der Waals surface area contributed by atoms with Gasteiger partial charge in [0.1, 0.15) is 0 Å². The van der Waals surface area contributed by atoms with Crippen LogP contribution in [0.2, 0.25) is 0 Å². The van der Waals surface area contributed by atoms with Crippen molar-refractivity contribution in [2.75, 3.05) is 19.8 Å². The Kier molecular flexibility index (Phi) is 3.03. The molecule has 15 heavy (non-hydrogen) atoms. The number of aromatic nitrogens is 1. The van der Waals surface area contributed by atoms with Crippen LogP contribution in [0.4, 0.5) is 0 Å². The van der Waals surface area contributed by atoms with Gasteiger partial charge in [-0.2, -0.15) is 0 Å². The average Bonchev–Trinajstić information content (AvgIpc) is 2.25. The Morgan fingerprint density at radius 3 is 2.60 bits per heavy atom. The van der Waals surface area contributed by atoms with E-state index in [2.05, 4.69) is 24.0 Å². The van der Waals surface area contributed by atoms with Crippen molar-refractivity contribution >= 4 is 0 Å². The predicted molar refractivity (Wildman–Crippen MR) is 59.6 cm³/mol. The van der Waals surface area contributed by atoms with E-state index in [1.165, 1.54) is 5.56 Å². The lowest BCUT2D eigenvalue weighted by molar-refractivity contribution is -0.108. The topological polar surface area (TPSA) is 48.1 Å². The second-order valence-corrected chi connectivity index (χ2v) is 4.72. The van der Waals surface area contributed by atoms with Crippen LogP contribution in [-0.2, 0) is 4.74 Å². The third-order valence-corrected chi connectivity index (χ3v) is 3.10. The fourth-order valence-electron chi connectivity index (χ4n) is 2.14. The summed E-state index contributed by atoms with van der Waals surface area (Å²) in [5, 5.41) is 0. The molecule has 1 aromatic rings. The molecule has 1 fully saturated rings. The summed E-state index contributed by atoms with van der Waals surface area (Å²) < 4.78 is 5.27. The van der Waals surface area contributed by atoms with E-state index in [1.807, 2.05) is 12.4 Å². The first-order valence-electron chi connectivity index (χ1n) is 5.41. The Labute approximate surface area is 90.7 Å². The first kappa shape index (κ1) is 10.6. The summed E-state index contributed by atoms with van der Waals surface area (Å²) in [6, 6.07) is 4.11. The van der Waals surface area contributed by atoms with Crippen LogP contribution in [0, 0.1) is 5.41 Å². The highest BCUT2D eigenvalue weighted by Crippen LogP contribution is 2.36. The number of hydrogen-bond donors (Lipinski definition) is 1. The van der Waals surface area contributed by atoms with Gasteiger partial charge in [0, 0.05) is 17.8 Å². The van der Waals surface area contributed by atoms with Gasteiger partial charge >= 0.3 is 0 Å². The van der Waals surface area contributed by atoms with E-state index in [4.69, 9.17) is 10.5 Å². The number of hydrogen-bond acceptors (Lipinski definition) is 3. The summed E-state index contributed by atoms with van der Waals surface area (Å²) in [6.07, 6.45) is 4.77. The maximum Gasteiger partial charge on any atom is 0.0542 e. The van der Waals surface area contributed by atoms with Gasteiger partial charge in [0.05, 0.1) is 13.2 Å². The summed E-state index contributed by atoms with van der Waals surface area (Å²) in [5.74, 6) is 0.432. The van der Waals surface area contributed by atoms with Gasteiger partial charge in [0.2, 0.25) is 0 Å². The zero-order chi connectivity index (χ0) is 10.7. The van der Waals surface area contributed by atoms with Crippen molar-refractivity contribution in [2.45, 2.75) is 19.3 Å². The van der Waals surface area contributed by atoms with Gasteiger partial charge in [0.15, 0.2) is 0 Å². The molecule has 1 aromatic heterocycles. The molecular formula is C12H18N2O. The van der Waals surface area contributed by atoms with Gasteiger partial charge in [-0.15, -0.1) is 0 Å². The minimum absolute atomic E-state index is 0.327. The van der Waals surface area contributed by atoms with E-state index in [0.29, 0.717) is 17.9 Å². The first-order valence-corrected chi connectivity index (χ1v) is 5.41. The van der Waals surface area contributed by atoms with Crippen LogP contribution in [0.3, 0.4) is 0 Å². The lowest BCUT2D eigenvalue weighted by atomic mass is 9.77. The van der Waals surface area contributed by atoms with Gasteiger partial charge in [0.25, 0.3) is 0 Å². The van der Waals surface area contributed by atoms with Gasteiger partial charge in [-0.05, 0) is 36.6 Å². The molecule has 2 N–H and O–H groups in total. The fraction of sp³-hybridized carbons (Fsp3) is 0.583.